The van der Waals surface area contributed by atoms with Gasteiger partial charge in [0.25, 0.3) is 0 Å². The standard InChI is InChI=1S/C17H27N3.HI/c1-13-7-9-15(10-8-13)17(2,3)12-20-16(18)19-11-14-5-4-6-14;/h7-10,14H,4-6,11-12H2,1-3H3,(H3,18,19,20);1H. The number of nitrogens with zero attached hydrogens (tertiary/aromatic N) is 1. The number of guanidine groups is 1. The second-order valence-corrected chi connectivity index (χ2v) is 6.63. The number of hydrogen-bond donors (Lipinski definition) is 2. The van der Waals surface area contributed by atoms with Crippen LogP contribution in [0.2, 0.25) is 0 Å². The van der Waals surface area contributed by atoms with Gasteiger partial charge in [-0.15, -0.1) is 24.0 Å². The van der Waals surface area contributed by atoms with Gasteiger partial charge >= 0.3 is 0 Å². The van der Waals surface area contributed by atoms with Crippen molar-refractivity contribution in [2.75, 3.05) is 13.1 Å². The average molecular weight is 401 g/mol. The van der Waals surface area contributed by atoms with Gasteiger partial charge in [0.1, 0.15) is 0 Å². The molecule has 1 fully saturated rings. The Morgan fingerprint density at radius 3 is 2.43 bits per heavy atom. The number of halogens is 1. The van der Waals surface area contributed by atoms with E-state index in [1.54, 1.807) is 0 Å². The number of nitrogens with one attached hydrogen (secondary N) is 1. The summed E-state index contributed by atoms with van der Waals surface area (Å²) in [5.74, 6) is 1.38. The topological polar surface area (TPSA) is 50.4 Å². The molecule has 4 heteroatoms. The summed E-state index contributed by atoms with van der Waals surface area (Å²) in [5, 5.41) is 3.25. The van der Waals surface area contributed by atoms with Crippen LogP contribution in [0.25, 0.3) is 0 Å². The molecule has 1 aromatic rings. The molecule has 3 nitrogen and oxygen atoms in total. The van der Waals surface area contributed by atoms with Crippen molar-refractivity contribution >= 4 is 29.9 Å². The lowest BCUT2D eigenvalue weighted by molar-refractivity contribution is 0.315. The third-order valence-corrected chi connectivity index (χ3v) is 4.27. The summed E-state index contributed by atoms with van der Waals surface area (Å²) >= 11 is 0. The second kappa shape index (κ2) is 8.01. The van der Waals surface area contributed by atoms with E-state index < -0.39 is 0 Å². The molecule has 0 spiro atoms. The SMILES string of the molecule is Cc1ccc(C(C)(C)CN=C(N)NCC2CCC2)cc1.I. The first-order valence-electron chi connectivity index (χ1n) is 7.58. The van der Waals surface area contributed by atoms with Crippen molar-refractivity contribution in [3.8, 4) is 0 Å². The van der Waals surface area contributed by atoms with E-state index in [4.69, 9.17) is 5.73 Å². The van der Waals surface area contributed by atoms with Gasteiger partial charge in [-0.1, -0.05) is 50.1 Å². The van der Waals surface area contributed by atoms with Gasteiger partial charge in [0.15, 0.2) is 5.96 Å². The van der Waals surface area contributed by atoms with Crippen molar-refractivity contribution in [1.29, 1.82) is 0 Å². The summed E-state index contributed by atoms with van der Waals surface area (Å²) in [4.78, 5) is 4.51. The summed E-state index contributed by atoms with van der Waals surface area (Å²) in [6, 6.07) is 8.67. The van der Waals surface area contributed by atoms with Gasteiger partial charge in [-0.2, -0.15) is 0 Å². The van der Waals surface area contributed by atoms with E-state index in [0.29, 0.717) is 12.5 Å². The molecule has 0 heterocycles. The maximum absolute atomic E-state index is 5.95. The molecule has 0 atom stereocenters. The van der Waals surface area contributed by atoms with Gasteiger partial charge in [-0.25, -0.2) is 0 Å². The van der Waals surface area contributed by atoms with Crippen molar-refractivity contribution in [2.45, 2.75) is 45.4 Å². The van der Waals surface area contributed by atoms with E-state index in [-0.39, 0.29) is 29.4 Å². The number of aliphatic imine (C=N–C) groups is 1. The minimum atomic E-state index is 0. The minimum absolute atomic E-state index is 0. The molecule has 3 N–H and O–H groups in total. The maximum Gasteiger partial charge on any atom is 0.188 e. The van der Waals surface area contributed by atoms with Crippen LogP contribution < -0.4 is 11.1 Å². The van der Waals surface area contributed by atoms with Crippen LogP contribution in [0.4, 0.5) is 0 Å². The van der Waals surface area contributed by atoms with Crippen LogP contribution in [0.15, 0.2) is 29.3 Å². The van der Waals surface area contributed by atoms with Crippen LogP contribution in [0.1, 0.15) is 44.2 Å². The fourth-order valence-electron chi connectivity index (χ4n) is 2.38. The Morgan fingerprint density at radius 2 is 1.90 bits per heavy atom. The molecule has 0 bridgehead atoms. The van der Waals surface area contributed by atoms with Crippen LogP contribution in [-0.4, -0.2) is 19.0 Å². The third-order valence-electron chi connectivity index (χ3n) is 4.27. The van der Waals surface area contributed by atoms with Gasteiger partial charge in [0, 0.05) is 12.0 Å². The Kier molecular flexibility index (Phi) is 6.97. The average Bonchev–Trinajstić information content (AvgIpc) is 2.35. The molecule has 1 aromatic carbocycles. The van der Waals surface area contributed by atoms with Crippen LogP contribution in [-0.2, 0) is 5.41 Å². The maximum atomic E-state index is 5.95. The zero-order chi connectivity index (χ0) is 14.6. The first-order chi connectivity index (χ1) is 9.47. The molecule has 21 heavy (non-hydrogen) atoms. The van der Waals surface area contributed by atoms with Crippen molar-refractivity contribution < 1.29 is 0 Å². The van der Waals surface area contributed by atoms with Gasteiger partial charge in [0.05, 0.1) is 6.54 Å². The third kappa shape index (κ3) is 5.49. The molecule has 0 aromatic heterocycles. The molecule has 1 saturated carbocycles. The smallest absolute Gasteiger partial charge is 0.188 e. The summed E-state index contributed by atoms with van der Waals surface area (Å²) in [5.41, 5.74) is 8.55. The van der Waals surface area contributed by atoms with Gasteiger partial charge in [-0.05, 0) is 31.2 Å². The normalized spacial score (nSPS) is 16.0. The summed E-state index contributed by atoms with van der Waals surface area (Å²) < 4.78 is 0. The molecule has 0 amide bonds. The predicted octanol–water partition coefficient (Wildman–Crippen LogP) is 3.60. The van der Waals surface area contributed by atoms with E-state index >= 15 is 0 Å². The number of rotatable bonds is 5. The lowest BCUT2D eigenvalue weighted by Gasteiger charge is -2.26. The minimum Gasteiger partial charge on any atom is -0.370 e. The Balaban J connectivity index is 0.00000220. The van der Waals surface area contributed by atoms with Gasteiger partial charge < -0.3 is 11.1 Å². The van der Waals surface area contributed by atoms with Crippen LogP contribution in [0, 0.1) is 12.8 Å². The van der Waals surface area contributed by atoms with E-state index in [0.717, 1.165) is 12.5 Å². The number of aryl methyl sites for hydroxylation is 1. The molecular weight excluding hydrogens is 373 g/mol. The van der Waals surface area contributed by atoms with Crippen LogP contribution in [0.3, 0.4) is 0 Å². The Morgan fingerprint density at radius 1 is 1.29 bits per heavy atom. The predicted molar refractivity (Wildman–Crippen MR) is 101 cm³/mol. The largest absolute Gasteiger partial charge is 0.370 e. The molecule has 118 valence electrons. The Hall–Kier alpha value is -0.780. The molecule has 1 aliphatic rings. The monoisotopic (exact) mass is 401 g/mol. The van der Waals surface area contributed by atoms with E-state index in [1.807, 2.05) is 0 Å². The van der Waals surface area contributed by atoms with Crippen molar-refractivity contribution in [2.24, 2.45) is 16.6 Å². The number of benzene rings is 1. The first kappa shape index (κ1) is 18.3. The molecule has 0 aliphatic heterocycles. The molecular formula is C17H28IN3. The Labute approximate surface area is 145 Å². The highest BCUT2D eigenvalue weighted by molar-refractivity contribution is 14.0. The fourth-order valence-corrected chi connectivity index (χ4v) is 2.38. The first-order valence-corrected chi connectivity index (χ1v) is 7.58. The highest BCUT2D eigenvalue weighted by Gasteiger charge is 2.20. The van der Waals surface area contributed by atoms with Crippen molar-refractivity contribution in [3.63, 3.8) is 0 Å². The lowest BCUT2D eigenvalue weighted by atomic mass is 9.84. The lowest BCUT2D eigenvalue weighted by Crippen LogP contribution is -2.38. The quantitative estimate of drug-likeness (QED) is 0.450. The molecule has 1 aliphatic carbocycles. The second-order valence-electron chi connectivity index (χ2n) is 6.63. The fraction of sp³-hybridized carbons (Fsp3) is 0.588. The Bertz CT molecular complexity index is 461. The van der Waals surface area contributed by atoms with E-state index in [2.05, 4.69) is 55.3 Å². The molecule has 0 saturated heterocycles. The van der Waals surface area contributed by atoms with E-state index in [9.17, 15) is 0 Å². The van der Waals surface area contributed by atoms with Gasteiger partial charge in [-0.3, -0.25) is 4.99 Å². The summed E-state index contributed by atoms with van der Waals surface area (Å²) in [6.07, 6.45) is 4.02. The van der Waals surface area contributed by atoms with E-state index in [1.165, 1.54) is 30.4 Å². The number of nitrogens with two attached hydrogens (primary N) is 1. The van der Waals surface area contributed by atoms with Crippen LogP contribution >= 0.6 is 24.0 Å². The molecule has 2 rings (SSSR count). The molecule has 0 radical (unpaired) electrons. The number of hydrogen-bond acceptors (Lipinski definition) is 1. The van der Waals surface area contributed by atoms with Crippen LogP contribution in [0.5, 0.6) is 0 Å². The zero-order valence-corrected chi connectivity index (χ0v) is 15.7. The van der Waals surface area contributed by atoms with Crippen molar-refractivity contribution in [1.82, 2.24) is 5.32 Å². The molecule has 0 unspecified atom stereocenters. The zero-order valence-electron chi connectivity index (χ0n) is 13.4. The van der Waals surface area contributed by atoms with Gasteiger partial charge in [0.2, 0.25) is 0 Å². The summed E-state index contributed by atoms with van der Waals surface area (Å²) in [6.45, 7) is 8.21. The highest BCUT2D eigenvalue weighted by Crippen LogP contribution is 2.25. The summed E-state index contributed by atoms with van der Waals surface area (Å²) in [7, 11) is 0. The highest BCUT2D eigenvalue weighted by atomic mass is 127. The van der Waals surface area contributed by atoms with Crippen molar-refractivity contribution in [3.05, 3.63) is 35.4 Å².